The lowest BCUT2D eigenvalue weighted by molar-refractivity contribution is -0.146. The number of nitrogens with one attached hydrogen (secondary N) is 2. The average Bonchev–Trinajstić information content (AvgIpc) is 3.47. The minimum atomic E-state index is -0.926. The van der Waals surface area contributed by atoms with Crippen molar-refractivity contribution >= 4 is 18.0 Å². The number of amides is 2. The van der Waals surface area contributed by atoms with Gasteiger partial charge in [-0.05, 0) is 45.2 Å². The van der Waals surface area contributed by atoms with Gasteiger partial charge in [0.2, 0.25) is 5.91 Å². The van der Waals surface area contributed by atoms with E-state index in [1.54, 1.807) is 46.0 Å². The first kappa shape index (κ1) is 22.6. The predicted molar refractivity (Wildman–Crippen MR) is 107 cm³/mol. The molecule has 1 saturated carbocycles. The molecule has 2 N–H and O–H groups in total. The van der Waals surface area contributed by atoms with E-state index in [1.165, 1.54) is 7.11 Å². The number of rotatable bonds is 8. The molecular formula is C21H31N3O5. The van der Waals surface area contributed by atoms with Gasteiger partial charge in [-0.2, -0.15) is 0 Å². The molecule has 160 valence electrons. The van der Waals surface area contributed by atoms with Crippen LogP contribution in [0.5, 0.6) is 0 Å². The molecule has 0 radical (unpaired) electrons. The molecule has 8 heteroatoms. The van der Waals surface area contributed by atoms with Gasteiger partial charge in [-0.1, -0.05) is 25.8 Å². The molecular weight excluding hydrogens is 374 g/mol. The van der Waals surface area contributed by atoms with Gasteiger partial charge in [0.1, 0.15) is 17.7 Å². The molecule has 2 rings (SSSR count). The van der Waals surface area contributed by atoms with Crippen molar-refractivity contribution in [1.29, 1.82) is 0 Å². The minimum Gasteiger partial charge on any atom is -0.467 e. The van der Waals surface area contributed by atoms with Crippen LogP contribution in [0.4, 0.5) is 4.79 Å². The SMILES string of the molecule is COC(=O)C(NC(=O)C(CC1CC1)NC(=O)OC(C)(C)C)C(C)c1ccccn1. The summed E-state index contributed by atoms with van der Waals surface area (Å²) >= 11 is 0. The minimum absolute atomic E-state index is 0.380. The zero-order valence-corrected chi connectivity index (χ0v) is 17.7. The van der Waals surface area contributed by atoms with Crippen molar-refractivity contribution < 1.29 is 23.9 Å². The number of methoxy groups -OCH3 is 1. The van der Waals surface area contributed by atoms with Crippen molar-refractivity contribution in [2.24, 2.45) is 5.92 Å². The van der Waals surface area contributed by atoms with Crippen LogP contribution < -0.4 is 10.6 Å². The zero-order valence-electron chi connectivity index (χ0n) is 17.7. The lowest BCUT2D eigenvalue weighted by Crippen LogP contribution is -2.54. The molecule has 1 aromatic rings. The molecule has 2 amide bonds. The molecule has 8 nitrogen and oxygen atoms in total. The molecule has 3 atom stereocenters. The molecule has 0 saturated heterocycles. The van der Waals surface area contributed by atoms with E-state index in [0.29, 0.717) is 18.0 Å². The van der Waals surface area contributed by atoms with Crippen molar-refractivity contribution in [2.45, 2.75) is 70.6 Å². The molecule has 1 aromatic heterocycles. The lowest BCUT2D eigenvalue weighted by Gasteiger charge is -2.27. The Labute approximate surface area is 171 Å². The molecule has 0 aromatic carbocycles. The number of carbonyl (C=O) groups is 3. The Balaban J connectivity index is 2.12. The maximum atomic E-state index is 13.0. The highest BCUT2D eigenvalue weighted by Gasteiger charge is 2.35. The van der Waals surface area contributed by atoms with Gasteiger partial charge < -0.3 is 20.1 Å². The highest BCUT2D eigenvalue weighted by atomic mass is 16.6. The van der Waals surface area contributed by atoms with Crippen LogP contribution in [0.2, 0.25) is 0 Å². The third-order valence-electron chi connectivity index (χ3n) is 4.68. The average molecular weight is 405 g/mol. The second kappa shape index (κ2) is 9.71. The highest BCUT2D eigenvalue weighted by Crippen LogP contribution is 2.33. The van der Waals surface area contributed by atoms with E-state index in [0.717, 1.165) is 12.8 Å². The molecule has 0 aliphatic heterocycles. The van der Waals surface area contributed by atoms with Crippen molar-refractivity contribution in [3.8, 4) is 0 Å². The third-order valence-corrected chi connectivity index (χ3v) is 4.68. The first-order chi connectivity index (χ1) is 13.6. The maximum Gasteiger partial charge on any atom is 0.408 e. The number of nitrogens with zero attached hydrogens (tertiary/aromatic N) is 1. The van der Waals surface area contributed by atoms with E-state index in [9.17, 15) is 14.4 Å². The number of alkyl carbamates (subject to hydrolysis) is 1. The van der Waals surface area contributed by atoms with Crippen LogP contribution in [-0.4, -0.2) is 47.7 Å². The van der Waals surface area contributed by atoms with Gasteiger partial charge in [0.05, 0.1) is 7.11 Å². The molecule has 1 fully saturated rings. The number of ether oxygens (including phenoxy) is 2. The van der Waals surface area contributed by atoms with Gasteiger partial charge in [0.25, 0.3) is 0 Å². The van der Waals surface area contributed by atoms with Crippen LogP contribution in [0.25, 0.3) is 0 Å². The van der Waals surface area contributed by atoms with E-state index in [2.05, 4.69) is 15.6 Å². The molecule has 1 aliphatic carbocycles. The third kappa shape index (κ3) is 7.36. The molecule has 1 heterocycles. The van der Waals surface area contributed by atoms with Crippen LogP contribution in [0, 0.1) is 5.92 Å². The summed E-state index contributed by atoms with van der Waals surface area (Å²) in [5.41, 5.74) is -0.0192. The fourth-order valence-corrected chi connectivity index (χ4v) is 2.95. The van der Waals surface area contributed by atoms with Crippen molar-refractivity contribution in [3.05, 3.63) is 30.1 Å². The van der Waals surface area contributed by atoms with Crippen molar-refractivity contribution in [3.63, 3.8) is 0 Å². The number of esters is 1. The van der Waals surface area contributed by atoms with Crippen molar-refractivity contribution in [1.82, 2.24) is 15.6 Å². The molecule has 1 aliphatic rings. The van der Waals surface area contributed by atoms with Crippen LogP contribution in [0.15, 0.2) is 24.4 Å². The van der Waals surface area contributed by atoms with Crippen LogP contribution in [0.1, 0.15) is 58.6 Å². The smallest absolute Gasteiger partial charge is 0.408 e. The Bertz CT molecular complexity index is 713. The number of carbonyl (C=O) groups excluding carboxylic acids is 3. The molecule has 29 heavy (non-hydrogen) atoms. The number of hydrogen-bond donors (Lipinski definition) is 2. The fourth-order valence-electron chi connectivity index (χ4n) is 2.95. The van der Waals surface area contributed by atoms with Gasteiger partial charge in [0.15, 0.2) is 0 Å². The first-order valence-corrected chi connectivity index (χ1v) is 9.89. The number of aromatic nitrogens is 1. The Morgan fingerprint density at radius 3 is 2.41 bits per heavy atom. The Hall–Kier alpha value is -2.64. The van der Waals surface area contributed by atoms with Crippen LogP contribution in [0.3, 0.4) is 0 Å². The summed E-state index contributed by atoms with van der Waals surface area (Å²) < 4.78 is 10.2. The summed E-state index contributed by atoms with van der Waals surface area (Å²) in [4.78, 5) is 41.8. The summed E-state index contributed by atoms with van der Waals surface area (Å²) in [5, 5.41) is 5.39. The second-order valence-corrected chi connectivity index (χ2v) is 8.43. The van der Waals surface area contributed by atoms with E-state index >= 15 is 0 Å². The summed E-state index contributed by atoms with van der Waals surface area (Å²) in [6, 6.07) is 3.66. The van der Waals surface area contributed by atoms with Gasteiger partial charge >= 0.3 is 12.1 Å². The fraction of sp³-hybridized carbons (Fsp3) is 0.619. The zero-order chi connectivity index (χ0) is 21.6. The second-order valence-electron chi connectivity index (χ2n) is 8.43. The van der Waals surface area contributed by atoms with Crippen LogP contribution in [-0.2, 0) is 19.1 Å². The van der Waals surface area contributed by atoms with Gasteiger partial charge in [-0.15, -0.1) is 0 Å². The first-order valence-electron chi connectivity index (χ1n) is 9.89. The van der Waals surface area contributed by atoms with E-state index in [-0.39, 0.29) is 0 Å². The Morgan fingerprint density at radius 1 is 1.21 bits per heavy atom. The van der Waals surface area contributed by atoms with Crippen molar-refractivity contribution in [2.75, 3.05) is 7.11 Å². The monoisotopic (exact) mass is 405 g/mol. The van der Waals surface area contributed by atoms with Gasteiger partial charge in [0, 0.05) is 17.8 Å². The topological polar surface area (TPSA) is 107 Å². The molecule has 0 spiro atoms. The Morgan fingerprint density at radius 2 is 1.90 bits per heavy atom. The highest BCUT2D eigenvalue weighted by molar-refractivity contribution is 5.90. The molecule has 0 bridgehead atoms. The van der Waals surface area contributed by atoms with Crippen LogP contribution >= 0.6 is 0 Å². The quantitative estimate of drug-likeness (QED) is 0.644. The summed E-state index contributed by atoms with van der Waals surface area (Å²) in [6.07, 6.45) is 3.50. The van der Waals surface area contributed by atoms with E-state index < -0.39 is 41.6 Å². The number of pyridine rings is 1. The maximum absolute atomic E-state index is 13.0. The summed E-state index contributed by atoms with van der Waals surface area (Å²) in [5.74, 6) is -1.04. The van der Waals surface area contributed by atoms with E-state index in [4.69, 9.17) is 9.47 Å². The van der Waals surface area contributed by atoms with Gasteiger partial charge in [-0.3, -0.25) is 9.78 Å². The summed E-state index contributed by atoms with van der Waals surface area (Å²) in [6.45, 7) is 7.06. The lowest BCUT2D eigenvalue weighted by atomic mass is 9.96. The largest absolute Gasteiger partial charge is 0.467 e. The normalized spacial score (nSPS) is 16.9. The number of hydrogen-bond acceptors (Lipinski definition) is 6. The summed E-state index contributed by atoms with van der Waals surface area (Å²) in [7, 11) is 1.27. The Kier molecular flexibility index (Phi) is 7.59. The predicted octanol–water partition coefficient (Wildman–Crippen LogP) is 2.54. The molecule has 3 unspecified atom stereocenters. The van der Waals surface area contributed by atoms with Gasteiger partial charge in [-0.25, -0.2) is 9.59 Å². The standard InChI is InChI=1S/C21H31N3O5/c1-13(15-8-6-7-11-22-15)17(19(26)28-5)24-18(25)16(12-14-9-10-14)23-20(27)29-21(2,3)4/h6-8,11,13-14,16-17H,9-10,12H2,1-5H3,(H,23,27)(H,24,25). The van der Waals surface area contributed by atoms with E-state index in [1.807, 2.05) is 6.07 Å².